The number of ketones is 1. The Balaban J connectivity index is 1.52. The Kier molecular flexibility index (Phi) is 4.95. The number of amides is 1. The number of esters is 1. The van der Waals surface area contributed by atoms with Crippen molar-refractivity contribution in [2.75, 3.05) is 11.4 Å². The van der Waals surface area contributed by atoms with Crippen LogP contribution in [-0.2, 0) is 16.0 Å². The maximum atomic E-state index is 12.8. The van der Waals surface area contributed by atoms with E-state index in [0.29, 0.717) is 23.9 Å². The number of para-hydroxylation sites is 1. The summed E-state index contributed by atoms with van der Waals surface area (Å²) >= 11 is 0. The fourth-order valence-corrected chi connectivity index (χ4v) is 3.59. The first-order valence-electron chi connectivity index (χ1n) is 9.54. The molecule has 152 valence electrons. The van der Waals surface area contributed by atoms with E-state index in [0.717, 1.165) is 17.3 Å². The molecule has 0 spiro atoms. The zero-order valence-corrected chi connectivity index (χ0v) is 16.5. The topological polar surface area (TPSA) is 93.9 Å². The number of carbonyl (C=O) groups is 3. The smallest absolute Gasteiger partial charge is 0.375 e. The van der Waals surface area contributed by atoms with Crippen LogP contribution < -0.4 is 10.3 Å². The molecule has 0 saturated heterocycles. The summed E-state index contributed by atoms with van der Waals surface area (Å²) in [6, 6.07) is 12.7. The van der Waals surface area contributed by atoms with Gasteiger partial charge in [-0.15, -0.1) is 0 Å². The molecule has 0 saturated carbocycles. The summed E-state index contributed by atoms with van der Waals surface area (Å²) in [5, 5.41) is 0.357. The van der Waals surface area contributed by atoms with Crippen LogP contribution >= 0.6 is 0 Å². The second-order valence-electron chi connectivity index (χ2n) is 7.15. The van der Waals surface area contributed by atoms with Crippen LogP contribution in [0.15, 0.2) is 57.7 Å². The first-order valence-corrected chi connectivity index (χ1v) is 9.54. The Morgan fingerprint density at radius 2 is 1.87 bits per heavy atom. The minimum Gasteiger partial charge on any atom is -0.449 e. The van der Waals surface area contributed by atoms with E-state index in [1.807, 2.05) is 0 Å². The quantitative estimate of drug-likeness (QED) is 0.489. The van der Waals surface area contributed by atoms with Crippen LogP contribution in [0.3, 0.4) is 0 Å². The van der Waals surface area contributed by atoms with E-state index in [9.17, 15) is 19.2 Å². The molecule has 0 aliphatic carbocycles. The van der Waals surface area contributed by atoms with Crippen molar-refractivity contribution in [3.63, 3.8) is 0 Å². The first kappa shape index (κ1) is 19.6. The standard InChI is InChI=1S/C23H19NO6/c1-13(22(27)16-7-8-18-15(11-16)9-10-24(18)14(2)25)29-23(28)21-12-19(26)17-5-3-4-6-20(17)30-21/h3-8,11-13H,9-10H2,1-2H3. The maximum Gasteiger partial charge on any atom is 0.375 e. The van der Waals surface area contributed by atoms with Crippen molar-refractivity contribution < 1.29 is 23.5 Å². The first-order chi connectivity index (χ1) is 14.3. The lowest BCUT2D eigenvalue weighted by Crippen LogP contribution is -2.26. The van der Waals surface area contributed by atoms with Gasteiger partial charge < -0.3 is 14.1 Å². The number of ether oxygens (including phenoxy) is 1. The molecular formula is C23H19NO6. The van der Waals surface area contributed by atoms with E-state index in [1.54, 1.807) is 47.4 Å². The van der Waals surface area contributed by atoms with Gasteiger partial charge in [0.25, 0.3) is 0 Å². The van der Waals surface area contributed by atoms with Gasteiger partial charge in [-0.05, 0) is 49.2 Å². The summed E-state index contributed by atoms with van der Waals surface area (Å²) in [5.41, 5.74) is 1.98. The number of Topliss-reactive ketones (excluding diaryl/α,β-unsaturated/α-hetero) is 1. The predicted octanol–water partition coefficient (Wildman–Crippen LogP) is 3.13. The normalized spacial score (nSPS) is 13.7. The van der Waals surface area contributed by atoms with Gasteiger partial charge in [-0.25, -0.2) is 4.79 Å². The summed E-state index contributed by atoms with van der Waals surface area (Å²) in [7, 11) is 0. The molecule has 0 bridgehead atoms. The molecule has 1 aliphatic heterocycles. The molecule has 2 heterocycles. The lowest BCUT2D eigenvalue weighted by molar-refractivity contribution is -0.116. The Hall–Kier alpha value is -3.74. The minimum absolute atomic E-state index is 0.0491. The molecule has 1 aromatic heterocycles. The maximum absolute atomic E-state index is 12.8. The molecule has 7 heteroatoms. The average Bonchev–Trinajstić information content (AvgIpc) is 3.16. The van der Waals surface area contributed by atoms with Gasteiger partial charge in [0.2, 0.25) is 17.5 Å². The Morgan fingerprint density at radius 3 is 2.63 bits per heavy atom. The molecule has 1 atom stereocenters. The Morgan fingerprint density at radius 1 is 1.10 bits per heavy atom. The molecule has 1 amide bonds. The number of carbonyl (C=O) groups excluding carboxylic acids is 3. The molecule has 2 aromatic carbocycles. The summed E-state index contributed by atoms with van der Waals surface area (Å²) in [6.45, 7) is 3.54. The van der Waals surface area contributed by atoms with Crippen LogP contribution in [0, 0.1) is 0 Å². The predicted molar refractivity (Wildman–Crippen MR) is 110 cm³/mol. The summed E-state index contributed by atoms with van der Waals surface area (Å²) in [4.78, 5) is 50.7. The van der Waals surface area contributed by atoms with Crippen LogP contribution in [-0.4, -0.2) is 30.3 Å². The molecule has 0 N–H and O–H groups in total. The molecular weight excluding hydrogens is 386 g/mol. The Labute approximate surface area is 171 Å². The molecule has 1 aliphatic rings. The van der Waals surface area contributed by atoms with E-state index >= 15 is 0 Å². The number of nitrogens with zero attached hydrogens (tertiary/aromatic N) is 1. The Bertz CT molecular complexity index is 1240. The minimum atomic E-state index is -1.07. The van der Waals surface area contributed by atoms with Crippen molar-refractivity contribution >= 4 is 34.3 Å². The molecule has 3 aromatic rings. The van der Waals surface area contributed by atoms with Crippen LogP contribution in [0.5, 0.6) is 0 Å². The van der Waals surface area contributed by atoms with Crippen LogP contribution in [0.1, 0.15) is 40.3 Å². The van der Waals surface area contributed by atoms with Crippen molar-refractivity contribution in [3.8, 4) is 0 Å². The molecule has 0 radical (unpaired) electrons. The van der Waals surface area contributed by atoms with E-state index < -0.39 is 12.1 Å². The fraction of sp³-hybridized carbons (Fsp3) is 0.217. The molecule has 30 heavy (non-hydrogen) atoms. The highest BCUT2D eigenvalue weighted by atomic mass is 16.6. The number of anilines is 1. The van der Waals surface area contributed by atoms with Crippen molar-refractivity contribution in [2.24, 2.45) is 0 Å². The summed E-state index contributed by atoms with van der Waals surface area (Å²) in [5.74, 6) is -1.57. The second-order valence-corrected chi connectivity index (χ2v) is 7.15. The van der Waals surface area contributed by atoms with E-state index in [1.165, 1.54) is 13.8 Å². The number of fused-ring (bicyclic) bond motifs is 2. The van der Waals surface area contributed by atoms with Gasteiger partial charge in [-0.2, -0.15) is 0 Å². The zero-order valence-electron chi connectivity index (χ0n) is 16.5. The third-order valence-electron chi connectivity index (χ3n) is 5.13. The van der Waals surface area contributed by atoms with Gasteiger partial charge in [0, 0.05) is 30.8 Å². The molecule has 4 rings (SSSR count). The zero-order chi connectivity index (χ0) is 21.4. The van der Waals surface area contributed by atoms with Crippen molar-refractivity contribution in [3.05, 3.63) is 75.6 Å². The van der Waals surface area contributed by atoms with E-state index in [4.69, 9.17) is 9.15 Å². The summed E-state index contributed by atoms with van der Waals surface area (Å²) in [6.07, 6.45) is -0.412. The number of hydrogen-bond acceptors (Lipinski definition) is 6. The van der Waals surface area contributed by atoms with Crippen LogP contribution in [0.25, 0.3) is 11.0 Å². The van der Waals surface area contributed by atoms with Crippen LogP contribution in [0.2, 0.25) is 0 Å². The molecule has 1 unspecified atom stereocenters. The van der Waals surface area contributed by atoms with Gasteiger partial charge in [0.15, 0.2) is 11.5 Å². The van der Waals surface area contributed by atoms with Crippen molar-refractivity contribution in [1.29, 1.82) is 0 Å². The van der Waals surface area contributed by atoms with Gasteiger partial charge in [0.05, 0.1) is 5.39 Å². The van der Waals surface area contributed by atoms with Crippen molar-refractivity contribution in [2.45, 2.75) is 26.4 Å². The molecule has 0 fully saturated rings. The number of hydrogen-bond donors (Lipinski definition) is 0. The third kappa shape index (κ3) is 3.50. The number of rotatable bonds is 4. The molecule has 7 nitrogen and oxygen atoms in total. The van der Waals surface area contributed by atoms with E-state index in [-0.39, 0.29) is 28.5 Å². The third-order valence-corrected chi connectivity index (χ3v) is 5.13. The fourth-order valence-electron chi connectivity index (χ4n) is 3.59. The highest BCUT2D eigenvalue weighted by molar-refractivity contribution is 6.02. The van der Waals surface area contributed by atoms with Gasteiger partial charge in [0.1, 0.15) is 5.58 Å². The highest BCUT2D eigenvalue weighted by Gasteiger charge is 2.26. The second kappa shape index (κ2) is 7.59. The van der Waals surface area contributed by atoms with Gasteiger partial charge in [-0.3, -0.25) is 14.4 Å². The lowest BCUT2D eigenvalue weighted by Gasteiger charge is -2.16. The number of benzene rings is 2. The van der Waals surface area contributed by atoms with Crippen LogP contribution in [0.4, 0.5) is 5.69 Å². The van der Waals surface area contributed by atoms with Gasteiger partial charge >= 0.3 is 5.97 Å². The highest BCUT2D eigenvalue weighted by Crippen LogP contribution is 2.29. The largest absolute Gasteiger partial charge is 0.449 e. The SMILES string of the molecule is CC(=O)N1CCc2cc(C(=O)C(C)OC(=O)c3cc(=O)c4ccccc4o3)ccc21. The van der Waals surface area contributed by atoms with Crippen molar-refractivity contribution in [1.82, 2.24) is 0 Å². The van der Waals surface area contributed by atoms with E-state index in [2.05, 4.69) is 0 Å². The average molecular weight is 405 g/mol. The lowest BCUT2D eigenvalue weighted by atomic mass is 10.0. The monoisotopic (exact) mass is 405 g/mol. The summed E-state index contributed by atoms with van der Waals surface area (Å²) < 4.78 is 10.7. The van der Waals surface area contributed by atoms with Gasteiger partial charge in [-0.1, -0.05) is 12.1 Å².